The molecule has 0 aliphatic heterocycles. The van der Waals surface area contributed by atoms with Crippen LogP contribution in [0, 0.1) is 0 Å². The second-order valence-electron chi connectivity index (χ2n) is 5.02. The fraction of sp³-hybridized carbons (Fsp3) is 0.312. The summed E-state index contributed by atoms with van der Waals surface area (Å²) >= 11 is 3.20. The van der Waals surface area contributed by atoms with Gasteiger partial charge in [-0.1, -0.05) is 23.9 Å². The number of anilines is 1. The highest BCUT2D eigenvalue weighted by Gasteiger charge is 2.12. The van der Waals surface area contributed by atoms with Crippen molar-refractivity contribution in [2.45, 2.75) is 17.4 Å². The summed E-state index contributed by atoms with van der Waals surface area (Å²) in [5.74, 6) is 2.23. The summed E-state index contributed by atoms with van der Waals surface area (Å²) in [5, 5.41) is 3.33. The molecule has 3 rings (SSSR count). The first-order valence-corrected chi connectivity index (χ1v) is 9.44. The molecule has 1 aromatic carbocycles. The van der Waals surface area contributed by atoms with Crippen LogP contribution in [0.2, 0.25) is 0 Å². The highest BCUT2D eigenvalue weighted by atomic mass is 32.2. The minimum atomic E-state index is -0.0562. The standard InChI is InChI=1S/C16H18N4O2S2/c1-10(22-12-7-5-4-6-11(12)21-2)8-17-14-13-15(19-9-18-14)20-16(23-3)24-13/h4-7,9-10H,8H2,1-3H3,(H,17,18,19). The number of ether oxygens (including phenoxy) is 2. The van der Waals surface area contributed by atoms with Gasteiger partial charge in [0.1, 0.15) is 22.9 Å². The van der Waals surface area contributed by atoms with Gasteiger partial charge < -0.3 is 14.8 Å². The molecule has 0 aliphatic rings. The molecular formula is C16H18N4O2S2. The van der Waals surface area contributed by atoms with E-state index in [0.717, 1.165) is 32.0 Å². The topological polar surface area (TPSA) is 69.2 Å². The minimum absolute atomic E-state index is 0.0562. The van der Waals surface area contributed by atoms with Gasteiger partial charge in [-0.2, -0.15) is 0 Å². The maximum absolute atomic E-state index is 5.95. The number of rotatable bonds is 7. The van der Waals surface area contributed by atoms with Gasteiger partial charge >= 0.3 is 0 Å². The summed E-state index contributed by atoms with van der Waals surface area (Å²) in [4.78, 5) is 13.0. The third kappa shape index (κ3) is 3.70. The lowest BCUT2D eigenvalue weighted by molar-refractivity contribution is 0.223. The van der Waals surface area contributed by atoms with Crippen LogP contribution in [0.4, 0.5) is 5.82 Å². The van der Waals surface area contributed by atoms with E-state index in [1.165, 1.54) is 6.33 Å². The summed E-state index contributed by atoms with van der Waals surface area (Å²) in [6, 6.07) is 7.61. The lowest BCUT2D eigenvalue weighted by Crippen LogP contribution is -2.23. The molecule has 6 nitrogen and oxygen atoms in total. The van der Waals surface area contributed by atoms with Crippen molar-refractivity contribution in [1.82, 2.24) is 15.0 Å². The monoisotopic (exact) mass is 362 g/mol. The van der Waals surface area contributed by atoms with Gasteiger partial charge in [0, 0.05) is 0 Å². The minimum Gasteiger partial charge on any atom is -0.493 e. The summed E-state index contributed by atoms with van der Waals surface area (Å²) < 4.78 is 13.2. The molecule has 126 valence electrons. The number of benzene rings is 1. The summed E-state index contributed by atoms with van der Waals surface area (Å²) in [5.41, 5.74) is 0.722. The Labute approximate surface area is 148 Å². The van der Waals surface area contributed by atoms with Crippen LogP contribution in [0.5, 0.6) is 11.5 Å². The van der Waals surface area contributed by atoms with Gasteiger partial charge in [0.05, 0.1) is 13.7 Å². The lowest BCUT2D eigenvalue weighted by atomic mass is 10.3. The zero-order valence-corrected chi connectivity index (χ0v) is 15.3. The van der Waals surface area contributed by atoms with E-state index in [0.29, 0.717) is 6.54 Å². The Morgan fingerprint density at radius 3 is 2.79 bits per heavy atom. The van der Waals surface area contributed by atoms with Crippen molar-refractivity contribution in [1.29, 1.82) is 0 Å². The number of nitrogens with zero attached hydrogens (tertiary/aromatic N) is 3. The van der Waals surface area contributed by atoms with E-state index in [4.69, 9.17) is 9.47 Å². The number of thioether (sulfide) groups is 1. The SMILES string of the molecule is COc1ccccc1OC(C)CNc1ncnc2nc(SC)sc12. The van der Waals surface area contributed by atoms with E-state index < -0.39 is 0 Å². The van der Waals surface area contributed by atoms with E-state index in [2.05, 4.69) is 20.3 Å². The molecule has 1 unspecified atom stereocenters. The predicted molar refractivity (Wildman–Crippen MR) is 98.6 cm³/mol. The van der Waals surface area contributed by atoms with E-state index in [1.807, 2.05) is 37.4 Å². The average Bonchev–Trinajstić information content (AvgIpc) is 3.04. The third-order valence-corrected chi connectivity index (χ3v) is 5.34. The molecule has 1 N–H and O–H groups in total. The number of fused-ring (bicyclic) bond motifs is 1. The van der Waals surface area contributed by atoms with Gasteiger partial charge in [0.25, 0.3) is 0 Å². The van der Waals surface area contributed by atoms with Crippen LogP contribution in [0.25, 0.3) is 10.3 Å². The molecule has 2 heterocycles. The maximum atomic E-state index is 5.95. The van der Waals surface area contributed by atoms with Crippen molar-refractivity contribution in [3.8, 4) is 11.5 Å². The second-order valence-corrected chi connectivity index (χ2v) is 7.07. The Bertz CT molecular complexity index is 825. The molecule has 0 fully saturated rings. The van der Waals surface area contributed by atoms with Gasteiger partial charge in [-0.3, -0.25) is 0 Å². The van der Waals surface area contributed by atoms with Crippen LogP contribution < -0.4 is 14.8 Å². The number of thiazole rings is 1. The molecule has 0 aliphatic carbocycles. The van der Waals surface area contributed by atoms with E-state index in [9.17, 15) is 0 Å². The van der Waals surface area contributed by atoms with Crippen LogP contribution in [0.15, 0.2) is 34.9 Å². The Kier molecular flexibility index (Phi) is 5.37. The van der Waals surface area contributed by atoms with E-state index >= 15 is 0 Å². The van der Waals surface area contributed by atoms with E-state index in [-0.39, 0.29) is 6.10 Å². The van der Waals surface area contributed by atoms with Crippen LogP contribution in [0.3, 0.4) is 0 Å². The van der Waals surface area contributed by atoms with E-state index in [1.54, 1.807) is 30.2 Å². The van der Waals surface area contributed by atoms with Gasteiger partial charge in [-0.15, -0.1) is 11.3 Å². The van der Waals surface area contributed by atoms with Gasteiger partial charge in [0.15, 0.2) is 21.5 Å². The zero-order chi connectivity index (χ0) is 16.9. The quantitative estimate of drug-likeness (QED) is 0.643. The first-order chi connectivity index (χ1) is 11.7. The molecule has 24 heavy (non-hydrogen) atoms. The Morgan fingerprint density at radius 1 is 1.25 bits per heavy atom. The van der Waals surface area contributed by atoms with Gasteiger partial charge in [-0.25, -0.2) is 15.0 Å². The molecule has 0 radical (unpaired) electrons. The highest BCUT2D eigenvalue weighted by molar-refractivity contribution is 8.00. The predicted octanol–water partition coefficient (Wildman–Crippen LogP) is 3.70. The molecule has 2 aromatic heterocycles. The second kappa shape index (κ2) is 7.67. The molecule has 8 heteroatoms. The number of para-hydroxylation sites is 2. The Morgan fingerprint density at radius 2 is 2.04 bits per heavy atom. The molecule has 0 saturated heterocycles. The zero-order valence-electron chi connectivity index (χ0n) is 13.6. The van der Waals surface area contributed by atoms with Crippen molar-refractivity contribution < 1.29 is 9.47 Å². The summed E-state index contributed by atoms with van der Waals surface area (Å²) in [6.07, 6.45) is 3.47. The third-order valence-electron chi connectivity index (χ3n) is 3.30. The smallest absolute Gasteiger partial charge is 0.176 e. The largest absolute Gasteiger partial charge is 0.493 e. The molecule has 0 amide bonds. The van der Waals surface area contributed by atoms with Gasteiger partial charge in [-0.05, 0) is 25.3 Å². The number of methoxy groups -OCH3 is 1. The van der Waals surface area contributed by atoms with Crippen molar-refractivity contribution in [2.75, 3.05) is 25.2 Å². The first-order valence-electron chi connectivity index (χ1n) is 7.40. The average molecular weight is 362 g/mol. The normalized spacial score (nSPS) is 12.1. The highest BCUT2D eigenvalue weighted by Crippen LogP contribution is 2.31. The van der Waals surface area contributed by atoms with Crippen molar-refractivity contribution in [3.05, 3.63) is 30.6 Å². The van der Waals surface area contributed by atoms with Crippen LogP contribution in [-0.2, 0) is 0 Å². The van der Waals surface area contributed by atoms with Crippen LogP contribution >= 0.6 is 23.1 Å². The summed E-state index contributed by atoms with van der Waals surface area (Å²) in [7, 11) is 1.63. The molecule has 0 saturated carbocycles. The summed E-state index contributed by atoms with van der Waals surface area (Å²) in [6.45, 7) is 2.61. The number of hydrogen-bond donors (Lipinski definition) is 1. The Hall–Kier alpha value is -2.06. The fourth-order valence-corrected chi connectivity index (χ4v) is 3.64. The number of nitrogens with one attached hydrogen (secondary N) is 1. The van der Waals surface area contributed by atoms with Crippen molar-refractivity contribution >= 4 is 39.3 Å². The molecule has 0 spiro atoms. The molecule has 0 bridgehead atoms. The van der Waals surface area contributed by atoms with Crippen LogP contribution in [0.1, 0.15) is 6.92 Å². The van der Waals surface area contributed by atoms with Crippen LogP contribution in [-0.4, -0.2) is 41.0 Å². The lowest BCUT2D eigenvalue weighted by Gasteiger charge is -2.17. The van der Waals surface area contributed by atoms with Crippen molar-refractivity contribution in [3.63, 3.8) is 0 Å². The maximum Gasteiger partial charge on any atom is 0.176 e. The number of hydrogen-bond acceptors (Lipinski definition) is 8. The first kappa shape index (κ1) is 16.8. The molecular weight excluding hydrogens is 344 g/mol. The van der Waals surface area contributed by atoms with Gasteiger partial charge in [0.2, 0.25) is 0 Å². The number of aromatic nitrogens is 3. The molecule has 1 atom stereocenters. The van der Waals surface area contributed by atoms with Crippen molar-refractivity contribution in [2.24, 2.45) is 0 Å². The Balaban J connectivity index is 1.68. The molecule has 3 aromatic rings. The fourth-order valence-electron chi connectivity index (χ4n) is 2.16.